The van der Waals surface area contributed by atoms with Crippen molar-refractivity contribution in [1.82, 2.24) is 4.90 Å². The van der Waals surface area contributed by atoms with E-state index in [9.17, 15) is 4.79 Å². The quantitative estimate of drug-likeness (QED) is 0.879. The maximum Gasteiger partial charge on any atom is 0.234 e. The summed E-state index contributed by atoms with van der Waals surface area (Å²) in [5, 5.41) is 0. The van der Waals surface area contributed by atoms with Crippen molar-refractivity contribution in [2.75, 3.05) is 20.8 Å². The molecule has 0 aliphatic carbocycles. The lowest BCUT2D eigenvalue weighted by Gasteiger charge is -2.33. The minimum Gasteiger partial charge on any atom is -0.493 e. The van der Waals surface area contributed by atoms with Gasteiger partial charge in [-0.3, -0.25) is 9.69 Å². The highest BCUT2D eigenvalue weighted by atomic mass is 16.5. The van der Waals surface area contributed by atoms with Gasteiger partial charge in [-0.1, -0.05) is 6.07 Å². The van der Waals surface area contributed by atoms with Gasteiger partial charge in [-0.15, -0.1) is 0 Å². The normalized spacial score (nSPS) is 16.6. The molecule has 1 aliphatic rings. The van der Waals surface area contributed by atoms with Gasteiger partial charge in [-0.2, -0.15) is 0 Å². The predicted octanol–water partition coefficient (Wildman–Crippen LogP) is 0.936. The van der Waals surface area contributed by atoms with Crippen LogP contribution in [0.5, 0.6) is 11.5 Å². The monoisotopic (exact) mass is 264 g/mol. The van der Waals surface area contributed by atoms with Gasteiger partial charge in [-0.25, -0.2) is 0 Å². The smallest absolute Gasteiger partial charge is 0.234 e. The number of rotatable bonds is 4. The van der Waals surface area contributed by atoms with Crippen molar-refractivity contribution in [3.05, 3.63) is 23.3 Å². The van der Waals surface area contributed by atoms with Gasteiger partial charge in [0, 0.05) is 18.7 Å². The molecule has 104 valence electrons. The maximum absolute atomic E-state index is 11.3. The number of benzene rings is 1. The summed E-state index contributed by atoms with van der Waals surface area (Å²) in [6.07, 6.45) is 0.827. The summed E-state index contributed by atoms with van der Waals surface area (Å²) in [5.41, 5.74) is 7.69. The zero-order valence-corrected chi connectivity index (χ0v) is 11.6. The Morgan fingerprint density at radius 2 is 2.11 bits per heavy atom. The fourth-order valence-corrected chi connectivity index (χ4v) is 2.52. The van der Waals surface area contributed by atoms with Crippen molar-refractivity contribution in [2.45, 2.75) is 25.9 Å². The maximum atomic E-state index is 11.3. The van der Waals surface area contributed by atoms with E-state index >= 15 is 0 Å². The molecule has 1 aromatic carbocycles. The Morgan fingerprint density at radius 1 is 1.37 bits per heavy atom. The number of nitrogens with two attached hydrogens (primary N) is 1. The number of amides is 1. The minimum atomic E-state index is -0.288. The third-order valence-corrected chi connectivity index (χ3v) is 3.73. The Balaban J connectivity index is 2.30. The van der Waals surface area contributed by atoms with Crippen molar-refractivity contribution in [2.24, 2.45) is 5.73 Å². The molecule has 0 radical (unpaired) electrons. The number of fused-ring (bicyclic) bond motifs is 1. The van der Waals surface area contributed by atoms with Gasteiger partial charge in [0.15, 0.2) is 11.5 Å². The summed E-state index contributed by atoms with van der Waals surface area (Å²) in [7, 11) is 3.28. The van der Waals surface area contributed by atoms with E-state index in [1.165, 1.54) is 0 Å². The van der Waals surface area contributed by atoms with Crippen LogP contribution in [0.25, 0.3) is 0 Å². The Kier molecular flexibility index (Phi) is 3.95. The first-order chi connectivity index (χ1) is 9.08. The molecule has 1 amide bonds. The number of carbonyl (C=O) groups is 1. The lowest BCUT2D eigenvalue weighted by Crippen LogP contribution is -2.45. The molecule has 0 bridgehead atoms. The van der Waals surface area contributed by atoms with Gasteiger partial charge in [0.1, 0.15) is 0 Å². The molecule has 0 saturated carbocycles. The molecular weight excluding hydrogens is 244 g/mol. The molecule has 0 aromatic heterocycles. The van der Waals surface area contributed by atoms with Gasteiger partial charge < -0.3 is 15.2 Å². The van der Waals surface area contributed by atoms with E-state index in [4.69, 9.17) is 15.2 Å². The van der Waals surface area contributed by atoms with Crippen molar-refractivity contribution in [3.8, 4) is 11.5 Å². The molecule has 1 atom stereocenters. The molecule has 5 nitrogen and oxygen atoms in total. The lowest BCUT2D eigenvalue weighted by atomic mass is 9.97. The van der Waals surface area contributed by atoms with E-state index in [0.717, 1.165) is 35.6 Å². The third-order valence-electron chi connectivity index (χ3n) is 3.73. The number of ether oxygens (including phenoxy) is 2. The van der Waals surface area contributed by atoms with Crippen molar-refractivity contribution in [3.63, 3.8) is 0 Å². The molecule has 19 heavy (non-hydrogen) atoms. The van der Waals surface area contributed by atoms with Crippen LogP contribution in [0.3, 0.4) is 0 Å². The Bertz CT molecular complexity index is 488. The number of methoxy groups -OCH3 is 2. The molecule has 5 heteroatoms. The van der Waals surface area contributed by atoms with Gasteiger partial charge in [0.05, 0.1) is 20.3 Å². The molecule has 0 fully saturated rings. The first kappa shape index (κ1) is 13.7. The van der Waals surface area contributed by atoms with Crippen LogP contribution in [0.4, 0.5) is 0 Å². The molecule has 1 heterocycles. The number of primary amides is 1. The van der Waals surface area contributed by atoms with Crippen LogP contribution >= 0.6 is 0 Å². The zero-order valence-electron chi connectivity index (χ0n) is 11.6. The molecule has 1 aromatic rings. The van der Waals surface area contributed by atoms with Crippen LogP contribution in [-0.2, 0) is 17.8 Å². The first-order valence-electron chi connectivity index (χ1n) is 6.34. The fourth-order valence-electron chi connectivity index (χ4n) is 2.52. The largest absolute Gasteiger partial charge is 0.493 e. The minimum absolute atomic E-state index is 0.249. The van der Waals surface area contributed by atoms with E-state index in [1.54, 1.807) is 14.2 Å². The van der Waals surface area contributed by atoms with E-state index < -0.39 is 0 Å². The summed E-state index contributed by atoms with van der Waals surface area (Å²) in [5.74, 6) is 1.26. The lowest BCUT2D eigenvalue weighted by molar-refractivity contribution is -0.123. The SMILES string of the molecule is COc1ccc2c(c1OC)CCN(C(C)C(N)=O)C2. The van der Waals surface area contributed by atoms with Crippen molar-refractivity contribution < 1.29 is 14.3 Å². The second kappa shape index (κ2) is 5.48. The molecule has 2 N–H and O–H groups in total. The second-order valence-electron chi connectivity index (χ2n) is 4.74. The van der Waals surface area contributed by atoms with E-state index in [-0.39, 0.29) is 11.9 Å². The Morgan fingerprint density at radius 3 is 2.68 bits per heavy atom. The van der Waals surface area contributed by atoms with Crippen molar-refractivity contribution >= 4 is 5.91 Å². The highest BCUT2D eigenvalue weighted by molar-refractivity contribution is 5.79. The molecule has 1 aliphatic heterocycles. The van der Waals surface area contributed by atoms with Crippen LogP contribution in [-0.4, -0.2) is 37.6 Å². The summed E-state index contributed by atoms with van der Waals surface area (Å²) in [4.78, 5) is 13.3. The predicted molar refractivity (Wildman–Crippen MR) is 72.3 cm³/mol. The second-order valence-corrected chi connectivity index (χ2v) is 4.74. The van der Waals surface area contributed by atoms with Gasteiger partial charge in [0.25, 0.3) is 0 Å². The van der Waals surface area contributed by atoms with Crippen LogP contribution in [0, 0.1) is 0 Å². The van der Waals surface area contributed by atoms with Crippen LogP contribution in [0.1, 0.15) is 18.1 Å². The summed E-state index contributed by atoms with van der Waals surface area (Å²) in [6, 6.07) is 3.67. The van der Waals surface area contributed by atoms with E-state index in [2.05, 4.69) is 4.90 Å². The highest BCUT2D eigenvalue weighted by Crippen LogP contribution is 2.36. The van der Waals surface area contributed by atoms with Gasteiger partial charge >= 0.3 is 0 Å². The summed E-state index contributed by atoms with van der Waals surface area (Å²) in [6.45, 7) is 3.34. The van der Waals surface area contributed by atoms with Gasteiger partial charge in [-0.05, 0) is 25.0 Å². The average Bonchev–Trinajstić information content (AvgIpc) is 2.44. The fraction of sp³-hybridized carbons (Fsp3) is 0.500. The van der Waals surface area contributed by atoms with Crippen LogP contribution in [0.2, 0.25) is 0 Å². The molecular formula is C14H20N2O3. The Labute approximate surface area is 113 Å². The number of hydrogen-bond acceptors (Lipinski definition) is 4. The number of carbonyl (C=O) groups excluding carboxylic acids is 1. The first-order valence-corrected chi connectivity index (χ1v) is 6.34. The molecule has 0 spiro atoms. The Hall–Kier alpha value is -1.75. The standard InChI is InChI=1S/C14H20N2O3/c1-9(14(15)17)16-7-6-11-10(8-16)4-5-12(18-2)13(11)19-3/h4-5,9H,6-8H2,1-3H3,(H2,15,17). The van der Waals surface area contributed by atoms with E-state index in [0.29, 0.717) is 6.54 Å². The molecule has 2 rings (SSSR count). The molecule has 0 saturated heterocycles. The van der Waals surface area contributed by atoms with Gasteiger partial charge in [0.2, 0.25) is 5.91 Å². The summed E-state index contributed by atoms with van der Waals surface area (Å²) < 4.78 is 10.7. The number of nitrogens with zero attached hydrogens (tertiary/aromatic N) is 1. The zero-order chi connectivity index (χ0) is 14.0. The highest BCUT2D eigenvalue weighted by Gasteiger charge is 2.26. The van der Waals surface area contributed by atoms with Crippen molar-refractivity contribution in [1.29, 1.82) is 0 Å². The van der Waals surface area contributed by atoms with E-state index in [1.807, 2.05) is 19.1 Å². The topological polar surface area (TPSA) is 64.8 Å². The molecule has 1 unspecified atom stereocenters. The summed E-state index contributed by atoms with van der Waals surface area (Å²) >= 11 is 0. The third kappa shape index (κ3) is 2.51. The number of hydrogen-bond donors (Lipinski definition) is 1. The average molecular weight is 264 g/mol. The van der Waals surface area contributed by atoms with Crippen LogP contribution in [0.15, 0.2) is 12.1 Å². The van der Waals surface area contributed by atoms with Crippen LogP contribution < -0.4 is 15.2 Å².